The maximum absolute atomic E-state index is 12.7. The molecule has 2 bridgehead atoms. The van der Waals surface area contributed by atoms with Gasteiger partial charge < -0.3 is 14.8 Å². The largest absolute Gasteiger partial charge is 0.497 e. The molecule has 0 radical (unpaired) electrons. The average Bonchev–Trinajstić information content (AvgIpc) is 2.79. The van der Waals surface area contributed by atoms with E-state index >= 15 is 0 Å². The van der Waals surface area contributed by atoms with Gasteiger partial charge in [0, 0.05) is 17.0 Å². The number of fused-ring (bicyclic) bond motifs is 2. The number of piperidine rings is 1. The van der Waals surface area contributed by atoms with E-state index < -0.39 is 0 Å². The van der Waals surface area contributed by atoms with Gasteiger partial charge in [-0.2, -0.15) is 0 Å². The number of ether oxygens (including phenoxy) is 2. The zero-order chi connectivity index (χ0) is 21.7. The van der Waals surface area contributed by atoms with Crippen LogP contribution < -0.4 is 10.1 Å². The summed E-state index contributed by atoms with van der Waals surface area (Å²) < 4.78 is 10.9. The summed E-state index contributed by atoms with van der Waals surface area (Å²) in [7, 11) is 1.71. The van der Waals surface area contributed by atoms with E-state index in [0.29, 0.717) is 6.61 Å². The summed E-state index contributed by atoms with van der Waals surface area (Å²) in [6.07, 6.45) is 7.92. The molecule has 2 aromatic rings. The fourth-order valence-corrected chi connectivity index (χ4v) is 5.67. The summed E-state index contributed by atoms with van der Waals surface area (Å²) in [5, 5.41) is 3.85. The normalized spacial score (nSPS) is 26.5. The van der Waals surface area contributed by atoms with Crippen molar-refractivity contribution in [3.63, 3.8) is 0 Å². The van der Waals surface area contributed by atoms with Crippen LogP contribution in [0.25, 0.3) is 0 Å². The molecule has 1 saturated carbocycles. The molecule has 2 aromatic carbocycles. The Balaban J connectivity index is 1.77. The van der Waals surface area contributed by atoms with Gasteiger partial charge in [-0.15, -0.1) is 0 Å². The third kappa shape index (κ3) is 4.27. The first-order chi connectivity index (χ1) is 15.1. The van der Waals surface area contributed by atoms with Crippen LogP contribution in [0.1, 0.15) is 50.2 Å². The Morgan fingerprint density at radius 2 is 1.94 bits per heavy atom. The minimum atomic E-state index is -0.237. The lowest BCUT2D eigenvalue weighted by molar-refractivity contribution is -0.137. The topological polar surface area (TPSA) is 47.6 Å². The number of methoxy groups -OCH3 is 1. The standard InChI is InChI=1S/C27H33NO3/c1-3-31-25(29)20-24-26(22-11-7-12-23(19-22)30-2)14-8-15-27(24,28-18-17-26)16-13-21-9-5-4-6-10-21/h4-7,9-12,19-20,28H,3,8,13-18H2,1-2H3/b24-20-. The fraction of sp³-hybridized carbons (Fsp3) is 0.444. The second-order valence-electron chi connectivity index (χ2n) is 8.72. The second kappa shape index (κ2) is 9.27. The predicted molar refractivity (Wildman–Crippen MR) is 123 cm³/mol. The van der Waals surface area contributed by atoms with Gasteiger partial charge >= 0.3 is 5.97 Å². The number of hydrogen-bond donors (Lipinski definition) is 1. The van der Waals surface area contributed by atoms with Gasteiger partial charge in [0.2, 0.25) is 0 Å². The minimum absolute atomic E-state index is 0.165. The second-order valence-corrected chi connectivity index (χ2v) is 8.72. The third-order valence-corrected chi connectivity index (χ3v) is 7.11. The lowest BCUT2D eigenvalue weighted by Gasteiger charge is -2.56. The molecule has 164 valence electrons. The van der Waals surface area contributed by atoms with Gasteiger partial charge in [0.05, 0.1) is 13.7 Å². The highest BCUT2D eigenvalue weighted by Gasteiger charge is 2.52. The Morgan fingerprint density at radius 3 is 2.71 bits per heavy atom. The number of rotatable bonds is 7. The van der Waals surface area contributed by atoms with Crippen LogP contribution in [-0.4, -0.2) is 31.8 Å². The fourth-order valence-electron chi connectivity index (χ4n) is 5.67. The molecule has 0 amide bonds. The van der Waals surface area contributed by atoms with Crippen molar-refractivity contribution in [1.29, 1.82) is 0 Å². The van der Waals surface area contributed by atoms with E-state index in [-0.39, 0.29) is 16.9 Å². The van der Waals surface area contributed by atoms with Crippen molar-refractivity contribution in [3.8, 4) is 5.75 Å². The monoisotopic (exact) mass is 419 g/mol. The number of hydrogen-bond acceptors (Lipinski definition) is 4. The average molecular weight is 420 g/mol. The van der Waals surface area contributed by atoms with Gasteiger partial charge in [0.25, 0.3) is 0 Å². The van der Waals surface area contributed by atoms with Crippen molar-refractivity contribution in [2.45, 2.75) is 56.4 Å². The summed E-state index contributed by atoms with van der Waals surface area (Å²) in [4.78, 5) is 12.7. The molecule has 2 aliphatic rings. The lowest BCUT2D eigenvalue weighted by Crippen LogP contribution is -2.61. The number of carbonyl (C=O) groups is 1. The zero-order valence-electron chi connectivity index (χ0n) is 18.7. The van der Waals surface area contributed by atoms with Crippen LogP contribution in [-0.2, 0) is 21.4 Å². The molecule has 1 aliphatic carbocycles. The van der Waals surface area contributed by atoms with Crippen molar-refractivity contribution < 1.29 is 14.3 Å². The Labute approximate surface area is 185 Å². The molecule has 0 spiro atoms. The highest BCUT2D eigenvalue weighted by Crippen LogP contribution is 2.54. The lowest BCUT2D eigenvalue weighted by atomic mass is 9.54. The van der Waals surface area contributed by atoms with Crippen LogP contribution in [0.15, 0.2) is 66.2 Å². The smallest absolute Gasteiger partial charge is 0.330 e. The molecule has 2 fully saturated rings. The van der Waals surface area contributed by atoms with Gasteiger partial charge in [-0.05, 0) is 74.4 Å². The van der Waals surface area contributed by atoms with Crippen LogP contribution in [0.2, 0.25) is 0 Å². The van der Waals surface area contributed by atoms with E-state index in [2.05, 4.69) is 53.8 Å². The Bertz CT molecular complexity index is 925. The van der Waals surface area contributed by atoms with Crippen LogP contribution in [0.4, 0.5) is 0 Å². The molecular formula is C27H33NO3. The van der Waals surface area contributed by atoms with Gasteiger partial charge in [0.1, 0.15) is 5.75 Å². The van der Waals surface area contributed by atoms with Crippen LogP contribution in [0, 0.1) is 0 Å². The van der Waals surface area contributed by atoms with E-state index in [1.165, 1.54) is 16.7 Å². The van der Waals surface area contributed by atoms with Gasteiger partial charge in [-0.25, -0.2) is 4.79 Å². The zero-order valence-corrected chi connectivity index (χ0v) is 18.7. The first kappa shape index (κ1) is 21.6. The first-order valence-corrected chi connectivity index (χ1v) is 11.4. The molecule has 2 unspecified atom stereocenters. The summed E-state index contributed by atoms with van der Waals surface area (Å²) in [6, 6.07) is 19.0. The summed E-state index contributed by atoms with van der Waals surface area (Å²) >= 11 is 0. The Hall–Kier alpha value is -2.59. The van der Waals surface area contributed by atoms with Crippen molar-refractivity contribution in [1.82, 2.24) is 5.32 Å². The molecule has 1 aliphatic heterocycles. The summed E-state index contributed by atoms with van der Waals surface area (Å²) in [6.45, 7) is 3.19. The molecule has 1 heterocycles. The van der Waals surface area contributed by atoms with Crippen LogP contribution in [0.3, 0.4) is 0 Å². The molecule has 0 aromatic heterocycles. The number of benzene rings is 2. The minimum Gasteiger partial charge on any atom is -0.497 e. The number of aryl methyl sites for hydroxylation is 1. The van der Waals surface area contributed by atoms with Crippen molar-refractivity contribution >= 4 is 5.97 Å². The van der Waals surface area contributed by atoms with Crippen molar-refractivity contribution in [2.24, 2.45) is 0 Å². The maximum Gasteiger partial charge on any atom is 0.330 e. The quantitative estimate of drug-likeness (QED) is 0.508. The highest BCUT2D eigenvalue weighted by molar-refractivity contribution is 5.84. The Morgan fingerprint density at radius 1 is 1.10 bits per heavy atom. The molecule has 2 atom stereocenters. The van der Waals surface area contributed by atoms with E-state index in [1.807, 2.05) is 13.0 Å². The number of nitrogens with one attached hydrogen (secondary N) is 1. The summed E-state index contributed by atoms with van der Waals surface area (Å²) in [5.74, 6) is 0.626. The van der Waals surface area contributed by atoms with Crippen molar-refractivity contribution in [2.75, 3.05) is 20.3 Å². The van der Waals surface area contributed by atoms with E-state index in [9.17, 15) is 4.79 Å². The van der Waals surface area contributed by atoms with Gasteiger partial charge in [-0.3, -0.25) is 0 Å². The van der Waals surface area contributed by atoms with Crippen LogP contribution >= 0.6 is 0 Å². The molecule has 1 saturated heterocycles. The van der Waals surface area contributed by atoms with Crippen molar-refractivity contribution in [3.05, 3.63) is 77.4 Å². The van der Waals surface area contributed by atoms with E-state index in [1.54, 1.807) is 13.2 Å². The third-order valence-electron chi connectivity index (χ3n) is 7.11. The molecule has 4 nitrogen and oxygen atoms in total. The number of esters is 1. The van der Waals surface area contributed by atoms with Gasteiger partial charge in [0.15, 0.2) is 0 Å². The van der Waals surface area contributed by atoms with Gasteiger partial charge in [-0.1, -0.05) is 48.9 Å². The maximum atomic E-state index is 12.7. The first-order valence-electron chi connectivity index (χ1n) is 11.4. The SMILES string of the molecule is CCOC(=O)/C=C1\C2(CCc3ccccc3)CCCC1(c1cccc(OC)c1)CCN2. The highest BCUT2D eigenvalue weighted by atomic mass is 16.5. The predicted octanol–water partition coefficient (Wildman–Crippen LogP) is 4.97. The molecular weight excluding hydrogens is 386 g/mol. The van der Waals surface area contributed by atoms with E-state index in [0.717, 1.165) is 50.8 Å². The molecule has 31 heavy (non-hydrogen) atoms. The van der Waals surface area contributed by atoms with Crippen LogP contribution in [0.5, 0.6) is 5.75 Å². The molecule has 4 heteroatoms. The Kier molecular flexibility index (Phi) is 6.47. The molecule has 4 rings (SSSR count). The number of carbonyl (C=O) groups excluding carboxylic acids is 1. The summed E-state index contributed by atoms with van der Waals surface area (Å²) in [5.41, 5.74) is 3.41. The molecule has 1 N–H and O–H groups in total. The van der Waals surface area contributed by atoms with E-state index in [4.69, 9.17) is 9.47 Å².